The van der Waals surface area contributed by atoms with Gasteiger partial charge in [-0.15, -0.1) is 0 Å². The molecule has 6 nitrogen and oxygen atoms in total. The molecular formula is C15H23N3O3. The summed E-state index contributed by atoms with van der Waals surface area (Å²) in [6.45, 7) is 7.35. The predicted octanol–water partition coefficient (Wildman–Crippen LogP) is 2.72. The van der Waals surface area contributed by atoms with Crippen molar-refractivity contribution in [3.8, 4) is 0 Å². The quantitative estimate of drug-likeness (QED) is 0.897. The molecule has 0 aliphatic heterocycles. The molecule has 0 saturated heterocycles. The van der Waals surface area contributed by atoms with Crippen LogP contribution in [0.15, 0.2) is 24.3 Å². The summed E-state index contributed by atoms with van der Waals surface area (Å²) >= 11 is 0. The first-order valence-corrected chi connectivity index (χ1v) is 6.82. The third kappa shape index (κ3) is 5.43. The number of nitrogens with two attached hydrogens (primary N) is 1. The van der Waals surface area contributed by atoms with Gasteiger partial charge in [0.2, 0.25) is 0 Å². The number of nitrogens with one attached hydrogen (secondary N) is 1. The molecule has 1 aromatic carbocycles. The van der Waals surface area contributed by atoms with Crippen LogP contribution < -0.4 is 11.1 Å². The molecule has 3 amide bonds. The van der Waals surface area contributed by atoms with Crippen LogP contribution in [-0.2, 0) is 4.74 Å². The molecule has 0 bridgehead atoms. The number of ether oxygens (including phenoxy) is 1. The normalized spacial score (nSPS) is 10.9. The number of hydrogen-bond acceptors (Lipinski definition) is 4. The standard InChI is InChI=1S/C15H23N3O3/c1-11-7-5-6-8-12(11)17-13(19)18(10-9-16)14(20)21-15(2,3)4/h5-8H,9-10,16H2,1-4H3,(H,17,19). The van der Waals surface area contributed by atoms with Gasteiger partial charge in [-0.1, -0.05) is 18.2 Å². The summed E-state index contributed by atoms with van der Waals surface area (Å²) in [6.07, 6.45) is -0.709. The fourth-order valence-corrected chi connectivity index (χ4v) is 1.62. The largest absolute Gasteiger partial charge is 0.443 e. The zero-order chi connectivity index (χ0) is 16.0. The highest BCUT2D eigenvalue weighted by atomic mass is 16.6. The molecule has 0 saturated carbocycles. The average molecular weight is 293 g/mol. The molecule has 0 atom stereocenters. The van der Waals surface area contributed by atoms with Crippen molar-refractivity contribution >= 4 is 17.8 Å². The van der Waals surface area contributed by atoms with E-state index in [1.165, 1.54) is 0 Å². The molecule has 116 valence electrons. The Bertz CT molecular complexity index is 509. The van der Waals surface area contributed by atoms with Crippen molar-refractivity contribution < 1.29 is 14.3 Å². The van der Waals surface area contributed by atoms with Crippen LogP contribution in [0.3, 0.4) is 0 Å². The van der Waals surface area contributed by atoms with Crippen LogP contribution in [0.5, 0.6) is 0 Å². The van der Waals surface area contributed by atoms with Crippen molar-refractivity contribution in [2.75, 3.05) is 18.4 Å². The second-order valence-electron chi connectivity index (χ2n) is 5.67. The van der Waals surface area contributed by atoms with Gasteiger partial charge < -0.3 is 15.8 Å². The lowest BCUT2D eigenvalue weighted by atomic mass is 10.2. The minimum Gasteiger partial charge on any atom is -0.443 e. The SMILES string of the molecule is Cc1ccccc1NC(=O)N(CCN)C(=O)OC(C)(C)C. The van der Waals surface area contributed by atoms with E-state index < -0.39 is 17.7 Å². The fraction of sp³-hybridized carbons (Fsp3) is 0.467. The first-order chi connectivity index (χ1) is 9.74. The molecule has 0 aliphatic rings. The summed E-state index contributed by atoms with van der Waals surface area (Å²) in [5.41, 5.74) is 6.34. The van der Waals surface area contributed by atoms with Crippen molar-refractivity contribution in [3.05, 3.63) is 29.8 Å². The van der Waals surface area contributed by atoms with E-state index in [4.69, 9.17) is 10.5 Å². The molecule has 0 aliphatic carbocycles. The zero-order valence-electron chi connectivity index (χ0n) is 13.0. The summed E-state index contributed by atoms with van der Waals surface area (Å²) in [6, 6.07) is 6.77. The molecule has 0 radical (unpaired) electrons. The molecule has 0 aromatic heterocycles. The maximum Gasteiger partial charge on any atom is 0.418 e. The van der Waals surface area contributed by atoms with Crippen molar-refractivity contribution in [2.45, 2.75) is 33.3 Å². The van der Waals surface area contributed by atoms with E-state index in [1.807, 2.05) is 25.1 Å². The third-order valence-electron chi connectivity index (χ3n) is 2.60. The lowest BCUT2D eigenvalue weighted by molar-refractivity contribution is 0.0337. The number of para-hydroxylation sites is 1. The Morgan fingerprint density at radius 2 is 1.90 bits per heavy atom. The number of nitrogens with zero attached hydrogens (tertiary/aromatic N) is 1. The monoisotopic (exact) mass is 293 g/mol. The Kier molecular flexibility index (Phi) is 5.72. The van der Waals surface area contributed by atoms with Gasteiger partial charge in [0.1, 0.15) is 5.60 Å². The molecule has 1 rings (SSSR count). The van der Waals surface area contributed by atoms with Crippen LogP contribution in [0.25, 0.3) is 0 Å². The number of carbonyl (C=O) groups excluding carboxylic acids is 2. The maximum absolute atomic E-state index is 12.2. The van der Waals surface area contributed by atoms with Gasteiger partial charge in [-0.05, 0) is 39.3 Å². The third-order valence-corrected chi connectivity index (χ3v) is 2.60. The number of anilines is 1. The molecule has 0 fully saturated rings. The van der Waals surface area contributed by atoms with Crippen LogP contribution >= 0.6 is 0 Å². The smallest absolute Gasteiger partial charge is 0.418 e. The molecule has 0 unspecified atom stereocenters. The Balaban J connectivity index is 2.83. The van der Waals surface area contributed by atoms with Gasteiger partial charge in [0.15, 0.2) is 0 Å². The van der Waals surface area contributed by atoms with Crippen molar-refractivity contribution in [2.24, 2.45) is 5.73 Å². The Labute approximate surface area is 125 Å². The van der Waals surface area contributed by atoms with E-state index >= 15 is 0 Å². The molecule has 0 spiro atoms. The van der Waals surface area contributed by atoms with E-state index in [1.54, 1.807) is 26.8 Å². The van der Waals surface area contributed by atoms with Gasteiger partial charge in [0.05, 0.1) is 0 Å². The van der Waals surface area contributed by atoms with E-state index in [0.29, 0.717) is 5.69 Å². The fourth-order valence-electron chi connectivity index (χ4n) is 1.62. The van der Waals surface area contributed by atoms with Crippen LogP contribution in [-0.4, -0.2) is 35.7 Å². The number of urea groups is 1. The van der Waals surface area contributed by atoms with Gasteiger partial charge in [-0.3, -0.25) is 0 Å². The first kappa shape index (κ1) is 17.0. The van der Waals surface area contributed by atoms with Gasteiger partial charge in [-0.2, -0.15) is 0 Å². The topological polar surface area (TPSA) is 84.7 Å². The molecule has 0 heterocycles. The van der Waals surface area contributed by atoms with E-state index in [2.05, 4.69) is 5.32 Å². The first-order valence-electron chi connectivity index (χ1n) is 6.82. The summed E-state index contributed by atoms with van der Waals surface area (Å²) in [5, 5.41) is 2.69. The van der Waals surface area contributed by atoms with Gasteiger partial charge in [0.25, 0.3) is 0 Å². The van der Waals surface area contributed by atoms with E-state index in [-0.39, 0.29) is 13.1 Å². The van der Waals surface area contributed by atoms with Crippen LogP contribution in [0.1, 0.15) is 26.3 Å². The van der Waals surface area contributed by atoms with Gasteiger partial charge >= 0.3 is 12.1 Å². The summed E-state index contributed by atoms with van der Waals surface area (Å²) in [4.78, 5) is 25.3. The lowest BCUT2D eigenvalue weighted by Gasteiger charge is -2.26. The highest BCUT2D eigenvalue weighted by molar-refractivity contribution is 5.99. The van der Waals surface area contributed by atoms with Crippen LogP contribution in [0, 0.1) is 6.92 Å². The maximum atomic E-state index is 12.2. The van der Waals surface area contributed by atoms with Crippen LogP contribution in [0.4, 0.5) is 15.3 Å². The number of imide groups is 1. The summed E-state index contributed by atoms with van der Waals surface area (Å²) < 4.78 is 5.21. The second-order valence-corrected chi connectivity index (χ2v) is 5.67. The highest BCUT2D eigenvalue weighted by Crippen LogP contribution is 2.15. The number of hydrogen-bond donors (Lipinski definition) is 2. The summed E-state index contributed by atoms with van der Waals surface area (Å²) in [7, 11) is 0. The van der Waals surface area contributed by atoms with Crippen LogP contribution in [0.2, 0.25) is 0 Å². The van der Waals surface area contributed by atoms with Crippen molar-refractivity contribution in [1.82, 2.24) is 4.90 Å². The second kappa shape index (κ2) is 7.08. The number of carbonyl (C=O) groups is 2. The number of aryl methyl sites for hydroxylation is 1. The minimum atomic E-state index is -0.709. The zero-order valence-corrected chi connectivity index (χ0v) is 13.0. The lowest BCUT2D eigenvalue weighted by Crippen LogP contribution is -2.45. The Hall–Kier alpha value is -2.08. The Morgan fingerprint density at radius 1 is 1.29 bits per heavy atom. The van der Waals surface area contributed by atoms with Gasteiger partial charge in [0, 0.05) is 18.8 Å². The van der Waals surface area contributed by atoms with E-state index in [0.717, 1.165) is 10.5 Å². The molecule has 6 heteroatoms. The van der Waals surface area contributed by atoms with E-state index in [9.17, 15) is 9.59 Å². The number of amides is 3. The summed E-state index contributed by atoms with van der Waals surface area (Å²) in [5.74, 6) is 0. The van der Waals surface area contributed by atoms with Crippen molar-refractivity contribution in [3.63, 3.8) is 0 Å². The predicted molar refractivity (Wildman–Crippen MR) is 82.2 cm³/mol. The highest BCUT2D eigenvalue weighted by Gasteiger charge is 2.26. The molecule has 1 aromatic rings. The average Bonchev–Trinajstić information content (AvgIpc) is 2.36. The number of rotatable bonds is 3. The molecule has 21 heavy (non-hydrogen) atoms. The number of benzene rings is 1. The Morgan fingerprint density at radius 3 is 2.43 bits per heavy atom. The van der Waals surface area contributed by atoms with Crippen molar-refractivity contribution in [1.29, 1.82) is 0 Å². The minimum absolute atomic E-state index is 0.0899. The molecule has 3 N–H and O–H groups in total. The van der Waals surface area contributed by atoms with Gasteiger partial charge in [-0.25, -0.2) is 14.5 Å². The molecular weight excluding hydrogens is 270 g/mol.